The molecule has 5 heterocycles. The van der Waals surface area contributed by atoms with Crippen LogP contribution in [0.5, 0.6) is 0 Å². The highest BCUT2D eigenvalue weighted by atomic mass is 32.1. The van der Waals surface area contributed by atoms with E-state index in [0.29, 0.717) is 28.8 Å². The lowest BCUT2D eigenvalue weighted by Crippen LogP contribution is -2.53. The lowest BCUT2D eigenvalue weighted by molar-refractivity contribution is -0.121. The third-order valence-electron chi connectivity index (χ3n) is 6.20. The second kappa shape index (κ2) is 8.97. The molecule has 0 bridgehead atoms. The standard InChI is InChI=1S/C24H30N8O2S/c1-15-19(7-17(9-25-15)28-21(33)5-6-31-13-24(2,3)14-31)29-22(34)18-10-27-32-12-20(35-23(18)32)16-8-26-30(4)11-16/h7-12,15,25H,5-6,13-14H2,1-4H3,(H,28,33)(H,29,34). The molecule has 0 radical (unpaired) electrons. The number of dihydropyridines is 1. The van der Waals surface area contributed by atoms with Gasteiger partial charge in [-0.2, -0.15) is 10.2 Å². The number of hydrogen-bond acceptors (Lipinski definition) is 7. The van der Waals surface area contributed by atoms with E-state index in [1.54, 1.807) is 33.9 Å². The first kappa shape index (κ1) is 23.3. The maximum absolute atomic E-state index is 13.1. The van der Waals surface area contributed by atoms with Gasteiger partial charge in [-0.25, -0.2) is 4.52 Å². The van der Waals surface area contributed by atoms with Gasteiger partial charge in [0.05, 0.1) is 34.6 Å². The third-order valence-corrected chi connectivity index (χ3v) is 7.36. The van der Waals surface area contributed by atoms with E-state index in [1.165, 1.54) is 11.3 Å². The summed E-state index contributed by atoms with van der Waals surface area (Å²) in [4.78, 5) is 29.6. The summed E-state index contributed by atoms with van der Waals surface area (Å²) in [6.07, 6.45) is 11.2. The number of hydrogen-bond donors (Lipinski definition) is 3. The average Bonchev–Trinajstić information content (AvgIpc) is 3.48. The molecule has 3 N–H and O–H groups in total. The van der Waals surface area contributed by atoms with Crippen LogP contribution in [0, 0.1) is 5.41 Å². The van der Waals surface area contributed by atoms with Crippen LogP contribution >= 0.6 is 11.3 Å². The second-order valence-electron chi connectivity index (χ2n) is 10.0. The van der Waals surface area contributed by atoms with E-state index < -0.39 is 0 Å². The van der Waals surface area contributed by atoms with E-state index in [-0.39, 0.29) is 17.9 Å². The first-order chi connectivity index (χ1) is 16.7. The van der Waals surface area contributed by atoms with Crippen molar-refractivity contribution in [2.75, 3.05) is 19.6 Å². The molecule has 0 aromatic carbocycles. The highest BCUT2D eigenvalue weighted by Crippen LogP contribution is 2.30. The topological polar surface area (TPSA) is 109 Å². The van der Waals surface area contributed by atoms with Crippen molar-refractivity contribution in [2.45, 2.75) is 33.2 Å². The summed E-state index contributed by atoms with van der Waals surface area (Å²) < 4.78 is 3.45. The third kappa shape index (κ3) is 5.01. The van der Waals surface area contributed by atoms with Gasteiger partial charge < -0.3 is 20.9 Å². The Kier molecular flexibility index (Phi) is 5.97. The van der Waals surface area contributed by atoms with E-state index in [4.69, 9.17) is 0 Å². The van der Waals surface area contributed by atoms with Crippen LogP contribution in [0.3, 0.4) is 0 Å². The molecule has 2 aliphatic rings. The Balaban J connectivity index is 1.23. The molecule has 35 heavy (non-hydrogen) atoms. The van der Waals surface area contributed by atoms with Crippen LogP contribution in [-0.2, 0) is 11.8 Å². The van der Waals surface area contributed by atoms with Crippen LogP contribution in [0.15, 0.2) is 48.5 Å². The van der Waals surface area contributed by atoms with Crippen LogP contribution in [0.1, 0.15) is 37.6 Å². The van der Waals surface area contributed by atoms with Gasteiger partial charge in [-0.3, -0.25) is 14.3 Å². The normalized spacial score (nSPS) is 19.5. The minimum Gasteiger partial charge on any atom is -0.381 e. The quantitative estimate of drug-likeness (QED) is 0.464. The SMILES string of the molecule is CC1NC=C(NC(=O)CCN2CC(C)(C)C2)C=C1NC(=O)c1cnn2cc(-c3cnn(C)c3)sc12. The molecule has 1 saturated heterocycles. The molecule has 1 unspecified atom stereocenters. The molecular weight excluding hydrogens is 464 g/mol. The maximum atomic E-state index is 13.1. The smallest absolute Gasteiger partial charge is 0.260 e. The van der Waals surface area contributed by atoms with Gasteiger partial charge in [0.2, 0.25) is 5.91 Å². The van der Waals surface area contributed by atoms with Crippen LogP contribution in [0.2, 0.25) is 0 Å². The van der Waals surface area contributed by atoms with Crippen LogP contribution in [0.4, 0.5) is 0 Å². The number of fused-ring (bicyclic) bond motifs is 1. The number of thiazole rings is 1. The zero-order chi connectivity index (χ0) is 24.7. The molecule has 3 aromatic rings. The predicted molar refractivity (Wildman–Crippen MR) is 134 cm³/mol. The Morgan fingerprint density at radius 1 is 1.20 bits per heavy atom. The number of aryl methyl sites for hydroxylation is 1. The van der Waals surface area contributed by atoms with Crippen LogP contribution in [0.25, 0.3) is 15.3 Å². The Bertz CT molecular complexity index is 1340. The molecule has 2 amide bonds. The van der Waals surface area contributed by atoms with Gasteiger partial charge in [0.1, 0.15) is 4.83 Å². The number of likely N-dealkylation sites (tertiary alicyclic amines) is 1. The first-order valence-corrected chi connectivity index (χ1v) is 12.5. The van der Waals surface area contributed by atoms with Gasteiger partial charge in [0.15, 0.2) is 0 Å². The van der Waals surface area contributed by atoms with Crippen LogP contribution < -0.4 is 16.0 Å². The van der Waals surface area contributed by atoms with Crippen molar-refractivity contribution in [1.29, 1.82) is 0 Å². The van der Waals surface area contributed by atoms with E-state index >= 15 is 0 Å². The number of nitrogens with one attached hydrogen (secondary N) is 3. The number of carbonyl (C=O) groups is 2. The summed E-state index contributed by atoms with van der Waals surface area (Å²) >= 11 is 1.49. The molecule has 3 aromatic heterocycles. The summed E-state index contributed by atoms with van der Waals surface area (Å²) in [6, 6.07) is -0.108. The fourth-order valence-electron chi connectivity index (χ4n) is 4.48. The highest BCUT2D eigenvalue weighted by Gasteiger charge is 2.33. The van der Waals surface area contributed by atoms with Crippen molar-refractivity contribution in [3.8, 4) is 10.4 Å². The zero-order valence-corrected chi connectivity index (χ0v) is 21.1. The monoisotopic (exact) mass is 494 g/mol. The molecule has 184 valence electrons. The van der Waals surface area contributed by atoms with E-state index in [2.05, 4.69) is 44.9 Å². The summed E-state index contributed by atoms with van der Waals surface area (Å²) in [6.45, 7) is 9.21. The maximum Gasteiger partial charge on any atom is 0.260 e. The minimum absolute atomic E-state index is 0.0425. The largest absolute Gasteiger partial charge is 0.381 e. The predicted octanol–water partition coefficient (Wildman–Crippen LogP) is 2.09. The Morgan fingerprint density at radius 2 is 2.00 bits per heavy atom. The Labute approximate surface area is 207 Å². The number of aromatic nitrogens is 4. The number of amides is 2. The summed E-state index contributed by atoms with van der Waals surface area (Å²) in [7, 11) is 1.87. The molecule has 0 saturated carbocycles. The van der Waals surface area contributed by atoms with Gasteiger partial charge in [-0.1, -0.05) is 13.8 Å². The summed E-state index contributed by atoms with van der Waals surface area (Å²) in [5.74, 6) is -0.286. The number of allylic oxidation sites excluding steroid dienone is 1. The van der Waals surface area contributed by atoms with Gasteiger partial charge in [-0.05, 0) is 18.4 Å². The van der Waals surface area contributed by atoms with Crippen LogP contribution in [-0.4, -0.2) is 61.8 Å². The fourth-order valence-corrected chi connectivity index (χ4v) is 5.52. The molecule has 2 aliphatic heterocycles. The van der Waals surface area contributed by atoms with E-state index in [9.17, 15) is 9.59 Å². The molecule has 1 fully saturated rings. The van der Waals surface area contributed by atoms with Gasteiger partial charge in [0, 0.05) is 63.0 Å². The molecule has 5 rings (SSSR count). The minimum atomic E-state index is -0.243. The van der Waals surface area contributed by atoms with Crippen molar-refractivity contribution in [1.82, 2.24) is 40.2 Å². The zero-order valence-electron chi connectivity index (χ0n) is 20.3. The fraction of sp³-hybridized carbons (Fsp3) is 0.417. The van der Waals surface area contributed by atoms with Crippen molar-refractivity contribution < 1.29 is 9.59 Å². The number of carbonyl (C=O) groups excluding carboxylic acids is 2. The lowest BCUT2D eigenvalue weighted by Gasteiger charge is -2.45. The molecule has 0 aliphatic carbocycles. The molecular formula is C24H30N8O2S. The molecule has 1 atom stereocenters. The van der Waals surface area contributed by atoms with Gasteiger partial charge in [-0.15, -0.1) is 11.3 Å². The molecule has 10 nitrogen and oxygen atoms in total. The first-order valence-electron chi connectivity index (χ1n) is 11.6. The summed E-state index contributed by atoms with van der Waals surface area (Å²) in [5, 5.41) is 17.7. The van der Waals surface area contributed by atoms with E-state index in [0.717, 1.165) is 34.9 Å². The van der Waals surface area contributed by atoms with Gasteiger partial charge in [0.25, 0.3) is 5.91 Å². The van der Waals surface area contributed by atoms with Crippen molar-refractivity contribution in [3.05, 3.63) is 54.0 Å². The highest BCUT2D eigenvalue weighted by molar-refractivity contribution is 7.21. The van der Waals surface area contributed by atoms with Crippen molar-refractivity contribution >= 4 is 28.0 Å². The lowest BCUT2D eigenvalue weighted by atomic mass is 9.84. The average molecular weight is 495 g/mol. The number of nitrogens with zero attached hydrogens (tertiary/aromatic N) is 5. The van der Waals surface area contributed by atoms with E-state index in [1.807, 2.05) is 26.4 Å². The Hall–Kier alpha value is -3.44. The Morgan fingerprint density at radius 3 is 2.71 bits per heavy atom. The molecule has 0 spiro atoms. The van der Waals surface area contributed by atoms with Crippen molar-refractivity contribution in [2.24, 2.45) is 12.5 Å². The summed E-state index contributed by atoms with van der Waals surface area (Å²) in [5.41, 5.74) is 3.13. The van der Waals surface area contributed by atoms with Gasteiger partial charge >= 0.3 is 0 Å². The number of rotatable bonds is 7. The second-order valence-corrected chi connectivity index (χ2v) is 11.1. The van der Waals surface area contributed by atoms with Crippen molar-refractivity contribution in [3.63, 3.8) is 0 Å². The molecule has 11 heteroatoms.